The summed E-state index contributed by atoms with van der Waals surface area (Å²) < 4.78 is 28.9. The lowest BCUT2D eigenvalue weighted by molar-refractivity contribution is -0.123. The molecule has 2 N–H and O–H groups in total. The molecule has 1 aliphatic rings. The van der Waals surface area contributed by atoms with Crippen LogP contribution in [0.1, 0.15) is 10.4 Å². The van der Waals surface area contributed by atoms with Gasteiger partial charge in [0.1, 0.15) is 5.82 Å². The molecule has 0 radical (unpaired) electrons. The summed E-state index contributed by atoms with van der Waals surface area (Å²) in [6.45, 7) is 2.91. The molecular formula is C22H27FN4O5. The van der Waals surface area contributed by atoms with E-state index >= 15 is 0 Å². The molecule has 10 heteroatoms. The van der Waals surface area contributed by atoms with Gasteiger partial charge in [-0.15, -0.1) is 0 Å². The Morgan fingerprint density at radius 2 is 1.53 bits per heavy atom. The first-order chi connectivity index (χ1) is 15.5. The number of carbonyl (C=O) groups excluding carboxylic acids is 2. The quantitative estimate of drug-likeness (QED) is 0.622. The van der Waals surface area contributed by atoms with Crippen LogP contribution in [0.15, 0.2) is 36.4 Å². The van der Waals surface area contributed by atoms with Gasteiger partial charge in [-0.05, 0) is 36.4 Å². The zero-order valence-electron chi connectivity index (χ0n) is 18.3. The molecule has 1 fully saturated rings. The van der Waals surface area contributed by atoms with Crippen molar-refractivity contribution in [1.29, 1.82) is 0 Å². The molecule has 0 aliphatic carbocycles. The van der Waals surface area contributed by atoms with Gasteiger partial charge in [-0.3, -0.25) is 25.3 Å². The van der Waals surface area contributed by atoms with Crippen LogP contribution < -0.4 is 30.0 Å². The van der Waals surface area contributed by atoms with Crippen LogP contribution in [-0.4, -0.2) is 70.8 Å². The SMILES string of the molecule is COc1ccc(C(=O)NNC(=O)CN2CCN(c3ccc(F)cc3)CC2)c(OC)c1OC. The molecule has 0 saturated carbocycles. The maximum absolute atomic E-state index is 13.1. The summed E-state index contributed by atoms with van der Waals surface area (Å²) in [5.74, 6) is -0.240. The second kappa shape index (κ2) is 10.7. The number of amides is 2. The predicted octanol–water partition coefficient (Wildman–Crippen LogP) is 1.43. The molecule has 0 unspecified atom stereocenters. The summed E-state index contributed by atoms with van der Waals surface area (Å²) in [6, 6.07) is 9.47. The third kappa shape index (κ3) is 5.38. The monoisotopic (exact) mass is 446 g/mol. The second-order valence-corrected chi connectivity index (χ2v) is 7.12. The molecule has 2 aromatic rings. The van der Waals surface area contributed by atoms with E-state index in [2.05, 4.69) is 15.8 Å². The number of piperazine rings is 1. The van der Waals surface area contributed by atoms with Crippen LogP contribution >= 0.6 is 0 Å². The van der Waals surface area contributed by atoms with E-state index in [9.17, 15) is 14.0 Å². The van der Waals surface area contributed by atoms with E-state index in [1.54, 1.807) is 18.2 Å². The molecule has 0 spiro atoms. The Kier molecular flexibility index (Phi) is 7.72. The number of nitrogens with one attached hydrogen (secondary N) is 2. The van der Waals surface area contributed by atoms with E-state index in [4.69, 9.17) is 14.2 Å². The van der Waals surface area contributed by atoms with Crippen molar-refractivity contribution in [3.8, 4) is 17.2 Å². The van der Waals surface area contributed by atoms with E-state index in [0.717, 1.165) is 5.69 Å². The molecule has 1 aliphatic heterocycles. The predicted molar refractivity (Wildman–Crippen MR) is 117 cm³/mol. The number of hydrogen-bond donors (Lipinski definition) is 2. The van der Waals surface area contributed by atoms with E-state index in [-0.39, 0.29) is 35.3 Å². The molecule has 1 saturated heterocycles. The summed E-state index contributed by atoms with van der Waals surface area (Å²) in [4.78, 5) is 29.0. The Bertz CT molecular complexity index is 946. The number of carbonyl (C=O) groups is 2. The smallest absolute Gasteiger partial charge is 0.273 e. The van der Waals surface area contributed by atoms with E-state index in [0.29, 0.717) is 31.9 Å². The van der Waals surface area contributed by atoms with Gasteiger partial charge in [0.15, 0.2) is 11.5 Å². The van der Waals surface area contributed by atoms with Crippen molar-refractivity contribution < 1.29 is 28.2 Å². The van der Waals surface area contributed by atoms with Gasteiger partial charge in [-0.1, -0.05) is 0 Å². The lowest BCUT2D eigenvalue weighted by atomic mass is 10.1. The Hall–Kier alpha value is -3.53. The number of ether oxygens (including phenoxy) is 3. The number of nitrogens with zero attached hydrogens (tertiary/aromatic N) is 2. The first kappa shape index (κ1) is 23.1. The fourth-order valence-corrected chi connectivity index (χ4v) is 3.53. The summed E-state index contributed by atoms with van der Waals surface area (Å²) in [7, 11) is 4.34. The fourth-order valence-electron chi connectivity index (χ4n) is 3.53. The molecule has 9 nitrogen and oxygen atoms in total. The van der Waals surface area contributed by atoms with Crippen molar-refractivity contribution in [1.82, 2.24) is 15.8 Å². The molecular weight excluding hydrogens is 419 g/mol. The number of anilines is 1. The minimum atomic E-state index is -0.544. The first-order valence-corrected chi connectivity index (χ1v) is 10.1. The number of hydrazine groups is 1. The standard InChI is InChI=1S/C22H27FN4O5/c1-30-18-9-8-17(20(31-2)21(18)32-3)22(29)25-24-19(28)14-26-10-12-27(13-11-26)16-6-4-15(23)5-7-16/h4-9H,10-14H2,1-3H3,(H,24,28)(H,25,29). The van der Waals surface area contributed by atoms with Crippen LogP contribution in [0.25, 0.3) is 0 Å². The van der Waals surface area contributed by atoms with Crippen LogP contribution in [0.2, 0.25) is 0 Å². The van der Waals surface area contributed by atoms with E-state index < -0.39 is 5.91 Å². The van der Waals surface area contributed by atoms with Gasteiger partial charge in [0.2, 0.25) is 5.75 Å². The first-order valence-electron chi connectivity index (χ1n) is 10.1. The van der Waals surface area contributed by atoms with Gasteiger partial charge in [0.05, 0.1) is 33.4 Å². The number of halogens is 1. The van der Waals surface area contributed by atoms with E-state index in [1.165, 1.54) is 39.5 Å². The molecule has 0 bridgehead atoms. The maximum Gasteiger partial charge on any atom is 0.273 e. The largest absolute Gasteiger partial charge is 0.493 e. The van der Waals surface area contributed by atoms with Gasteiger partial charge in [-0.25, -0.2) is 4.39 Å². The van der Waals surface area contributed by atoms with Gasteiger partial charge < -0.3 is 19.1 Å². The van der Waals surface area contributed by atoms with Gasteiger partial charge >= 0.3 is 0 Å². The minimum Gasteiger partial charge on any atom is -0.493 e. The highest BCUT2D eigenvalue weighted by atomic mass is 19.1. The fraction of sp³-hybridized carbons (Fsp3) is 0.364. The third-order valence-electron chi connectivity index (χ3n) is 5.20. The van der Waals surface area contributed by atoms with Crippen molar-refractivity contribution in [3.05, 3.63) is 47.8 Å². The highest BCUT2D eigenvalue weighted by molar-refractivity contribution is 5.99. The number of hydrogen-bond acceptors (Lipinski definition) is 7. The van der Waals surface area contributed by atoms with Crippen molar-refractivity contribution in [3.63, 3.8) is 0 Å². The Morgan fingerprint density at radius 3 is 2.12 bits per heavy atom. The van der Waals surface area contributed by atoms with Crippen LogP contribution in [0.3, 0.4) is 0 Å². The molecule has 3 rings (SSSR count). The van der Waals surface area contributed by atoms with E-state index in [1.807, 2.05) is 4.90 Å². The normalized spacial score (nSPS) is 13.9. The van der Waals surface area contributed by atoms with Gasteiger partial charge in [0, 0.05) is 31.9 Å². The van der Waals surface area contributed by atoms with Crippen LogP contribution in [0.4, 0.5) is 10.1 Å². The number of methoxy groups -OCH3 is 3. The zero-order chi connectivity index (χ0) is 23.1. The lowest BCUT2D eigenvalue weighted by Crippen LogP contribution is -2.52. The summed E-state index contributed by atoms with van der Waals surface area (Å²) in [5, 5.41) is 0. The summed E-state index contributed by atoms with van der Waals surface area (Å²) >= 11 is 0. The number of rotatable bonds is 7. The minimum absolute atomic E-state index is 0.139. The highest BCUT2D eigenvalue weighted by Gasteiger charge is 2.22. The average molecular weight is 446 g/mol. The second-order valence-electron chi connectivity index (χ2n) is 7.12. The Labute approximate surface area is 186 Å². The van der Waals surface area contributed by atoms with Crippen molar-refractivity contribution in [2.75, 3.05) is 59.0 Å². The van der Waals surface area contributed by atoms with Gasteiger partial charge in [0.25, 0.3) is 11.8 Å². The molecule has 1 heterocycles. The Morgan fingerprint density at radius 1 is 0.875 bits per heavy atom. The van der Waals surface area contributed by atoms with Crippen molar-refractivity contribution in [2.24, 2.45) is 0 Å². The molecule has 0 atom stereocenters. The maximum atomic E-state index is 13.1. The van der Waals surface area contributed by atoms with Crippen LogP contribution in [0.5, 0.6) is 17.2 Å². The highest BCUT2D eigenvalue weighted by Crippen LogP contribution is 2.39. The molecule has 2 amide bonds. The van der Waals surface area contributed by atoms with Gasteiger partial charge in [-0.2, -0.15) is 0 Å². The molecule has 0 aromatic heterocycles. The number of benzene rings is 2. The third-order valence-corrected chi connectivity index (χ3v) is 5.20. The molecule has 32 heavy (non-hydrogen) atoms. The van der Waals surface area contributed by atoms with Crippen molar-refractivity contribution in [2.45, 2.75) is 0 Å². The van der Waals surface area contributed by atoms with Crippen LogP contribution in [0, 0.1) is 5.82 Å². The summed E-state index contributed by atoms with van der Waals surface area (Å²) in [6.07, 6.45) is 0. The average Bonchev–Trinajstić information content (AvgIpc) is 2.82. The topological polar surface area (TPSA) is 92.4 Å². The zero-order valence-corrected chi connectivity index (χ0v) is 18.3. The van der Waals surface area contributed by atoms with Crippen LogP contribution in [-0.2, 0) is 4.79 Å². The Balaban J connectivity index is 1.50. The molecule has 2 aromatic carbocycles. The summed E-state index contributed by atoms with van der Waals surface area (Å²) in [5.41, 5.74) is 5.98. The molecule has 172 valence electrons. The lowest BCUT2D eigenvalue weighted by Gasteiger charge is -2.35. The van der Waals surface area contributed by atoms with Crippen molar-refractivity contribution >= 4 is 17.5 Å².